The van der Waals surface area contributed by atoms with Gasteiger partial charge in [-0.3, -0.25) is 4.79 Å². The van der Waals surface area contributed by atoms with Crippen molar-refractivity contribution < 1.29 is 4.79 Å². The monoisotopic (exact) mass is 309 g/mol. The molecule has 20 heavy (non-hydrogen) atoms. The molecule has 0 atom stereocenters. The van der Waals surface area contributed by atoms with Crippen LogP contribution in [-0.2, 0) is 0 Å². The minimum Gasteiger partial charge on any atom is -0.370 e. The first-order valence-corrected chi connectivity index (χ1v) is 6.81. The average Bonchev–Trinajstić information content (AvgIpc) is 2.38. The van der Waals surface area contributed by atoms with E-state index in [9.17, 15) is 4.79 Å². The number of hydrogen-bond donors (Lipinski definition) is 2. The molecule has 104 valence electrons. The number of pyridine rings is 1. The van der Waals surface area contributed by atoms with Crippen LogP contribution in [0.3, 0.4) is 0 Å². The molecule has 2 rings (SSSR count). The summed E-state index contributed by atoms with van der Waals surface area (Å²) in [6.07, 6.45) is 1.51. The summed E-state index contributed by atoms with van der Waals surface area (Å²) >= 11 is 11.8. The smallest absolute Gasteiger partial charge is 0.257 e. The van der Waals surface area contributed by atoms with E-state index in [1.807, 2.05) is 6.92 Å². The largest absolute Gasteiger partial charge is 0.370 e. The Morgan fingerprint density at radius 3 is 2.45 bits per heavy atom. The van der Waals surface area contributed by atoms with Gasteiger partial charge in [0.2, 0.25) is 0 Å². The maximum Gasteiger partial charge on any atom is 0.257 e. The quantitative estimate of drug-likeness (QED) is 0.895. The molecule has 0 bridgehead atoms. The van der Waals surface area contributed by atoms with Gasteiger partial charge >= 0.3 is 0 Å². The van der Waals surface area contributed by atoms with Crippen LogP contribution in [0.2, 0.25) is 10.0 Å². The highest BCUT2D eigenvalue weighted by Gasteiger charge is 2.07. The van der Waals surface area contributed by atoms with E-state index in [4.69, 9.17) is 23.2 Å². The number of nitrogens with one attached hydrogen (secondary N) is 2. The lowest BCUT2D eigenvalue weighted by Gasteiger charge is -2.07. The Morgan fingerprint density at radius 2 is 1.90 bits per heavy atom. The van der Waals surface area contributed by atoms with Crippen molar-refractivity contribution in [3.8, 4) is 0 Å². The Kier molecular flexibility index (Phi) is 4.82. The molecule has 1 aromatic heterocycles. The lowest BCUT2D eigenvalue weighted by atomic mass is 10.2. The zero-order valence-corrected chi connectivity index (χ0v) is 12.3. The normalized spacial score (nSPS) is 10.2. The van der Waals surface area contributed by atoms with E-state index in [0.717, 1.165) is 12.4 Å². The molecule has 0 unspecified atom stereocenters. The first-order valence-electron chi connectivity index (χ1n) is 6.06. The Balaban J connectivity index is 2.11. The first-order chi connectivity index (χ1) is 9.58. The van der Waals surface area contributed by atoms with Crippen molar-refractivity contribution in [1.82, 2.24) is 4.98 Å². The second-order valence-corrected chi connectivity index (χ2v) is 4.95. The maximum atomic E-state index is 12.0. The van der Waals surface area contributed by atoms with E-state index in [2.05, 4.69) is 15.6 Å². The average molecular weight is 310 g/mol. The maximum absolute atomic E-state index is 12.0. The lowest BCUT2D eigenvalue weighted by Crippen LogP contribution is -2.12. The van der Waals surface area contributed by atoms with Crippen molar-refractivity contribution >= 4 is 40.6 Å². The van der Waals surface area contributed by atoms with Gasteiger partial charge in [0, 0.05) is 28.5 Å². The highest BCUT2D eigenvalue weighted by atomic mass is 35.5. The number of anilines is 2. The third-order valence-corrected chi connectivity index (χ3v) is 2.94. The van der Waals surface area contributed by atoms with Gasteiger partial charge in [0.15, 0.2) is 0 Å². The predicted octanol–water partition coefficient (Wildman–Crippen LogP) is 4.07. The van der Waals surface area contributed by atoms with E-state index in [1.165, 1.54) is 6.20 Å². The zero-order chi connectivity index (χ0) is 14.5. The summed E-state index contributed by atoms with van der Waals surface area (Å²) in [7, 11) is 0. The first kappa shape index (κ1) is 14.6. The molecule has 0 radical (unpaired) electrons. The van der Waals surface area contributed by atoms with E-state index >= 15 is 0 Å². The molecule has 0 fully saturated rings. The van der Waals surface area contributed by atoms with Crippen LogP contribution in [0, 0.1) is 0 Å². The topological polar surface area (TPSA) is 54.0 Å². The van der Waals surface area contributed by atoms with Crippen LogP contribution in [0.5, 0.6) is 0 Å². The van der Waals surface area contributed by atoms with Crippen LogP contribution < -0.4 is 10.6 Å². The summed E-state index contributed by atoms with van der Waals surface area (Å²) < 4.78 is 0. The molecule has 2 N–H and O–H groups in total. The van der Waals surface area contributed by atoms with Gasteiger partial charge < -0.3 is 10.6 Å². The van der Waals surface area contributed by atoms with Crippen LogP contribution in [-0.4, -0.2) is 17.4 Å². The van der Waals surface area contributed by atoms with Gasteiger partial charge in [-0.1, -0.05) is 23.2 Å². The number of halogens is 2. The predicted molar refractivity (Wildman–Crippen MR) is 82.8 cm³/mol. The van der Waals surface area contributed by atoms with E-state index in [1.54, 1.807) is 30.3 Å². The molecule has 0 spiro atoms. The van der Waals surface area contributed by atoms with Crippen LogP contribution in [0.1, 0.15) is 17.3 Å². The molecule has 1 aromatic carbocycles. The summed E-state index contributed by atoms with van der Waals surface area (Å²) in [5.74, 6) is 0.466. The minimum absolute atomic E-state index is 0.265. The van der Waals surface area contributed by atoms with E-state index in [0.29, 0.717) is 21.3 Å². The molecule has 4 nitrogen and oxygen atoms in total. The van der Waals surface area contributed by atoms with Crippen LogP contribution in [0.25, 0.3) is 0 Å². The van der Waals surface area contributed by atoms with Crippen LogP contribution in [0.15, 0.2) is 36.5 Å². The van der Waals surface area contributed by atoms with Gasteiger partial charge in [0.05, 0.1) is 5.56 Å². The molecule has 1 amide bonds. The highest BCUT2D eigenvalue weighted by Crippen LogP contribution is 2.22. The number of carbonyl (C=O) groups excluding carboxylic acids is 1. The van der Waals surface area contributed by atoms with Crippen molar-refractivity contribution in [3.05, 3.63) is 52.1 Å². The summed E-state index contributed by atoms with van der Waals surface area (Å²) in [6.45, 7) is 2.75. The number of nitrogens with zero attached hydrogens (tertiary/aromatic N) is 1. The third-order valence-electron chi connectivity index (χ3n) is 2.50. The van der Waals surface area contributed by atoms with Crippen molar-refractivity contribution in [1.29, 1.82) is 0 Å². The number of benzene rings is 1. The summed E-state index contributed by atoms with van der Waals surface area (Å²) in [5, 5.41) is 6.72. The number of rotatable bonds is 4. The molecule has 0 aliphatic heterocycles. The second kappa shape index (κ2) is 6.59. The zero-order valence-electron chi connectivity index (χ0n) is 10.8. The Bertz CT molecular complexity index is 594. The van der Waals surface area contributed by atoms with Crippen molar-refractivity contribution in [2.45, 2.75) is 6.92 Å². The highest BCUT2D eigenvalue weighted by molar-refractivity contribution is 6.35. The fraction of sp³-hybridized carbons (Fsp3) is 0.143. The number of carbonyl (C=O) groups is 1. The van der Waals surface area contributed by atoms with E-state index in [-0.39, 0.29) is 5.91 Å². The fourth-order valence-corrected chi connectivity index (χ4v) is 2.17. The number of hydrogen-bond acceptors (Lipinski definition) is 3. The van der Waals surface area contributed by atoms with Gasteiger partial charge in [0.1, 0.15) is 5.82 Å². The molecule has 6 heteroatoms. The third kappa shape index (κ3) is 3.85. The second-order valence-electron chi connectivity index (χ2n) is 4.07. The standard InChI is InChI=1S/C14H13Cl2N3O/c1-2-17-13-4-3-9(8-18-13)14(20)19-12-6-10(15)5-11(16)7-12/h3-8H,2H2,1H3,(H,17,18)(H,19,20). The number of amides is 1. The fourth-order valence-electron chi connectivity index (χ4n) is 1.64. The van der Waals surface area contributed by atoms with Gasteiger partial charge in [-0.05, 0) is 37.3 Å². The van der Waals surface area contributed by atoms with Gasteiger partial charge in [0.25, 0.3) is 5.91 Å². The van der Waals surface area contributed by atoms with Crippen molar-refractivity contribution in [2.75, 3.05) is 17.2 Å². The molecular weight excluding hydrogens is 297 g/mol. The summed E-state index contributed by atoms with van der Waals surface area (Å²) in [6, 6.07) is 8.32. The molecular formula is C14H13Cl2N3O. The van der Waals surface area contributed by atoms with Crippen molar-refractivity contribution in [3.63, 3.8) is 0 Å². The molecule has 0 saturated carbocycles. The molecule has 1 heterocycles. The van der Waals surface area contributed by atoms with E-state index < -0.39 is 0 Å². The summed E-state index contributed by atoms with van der Waals surface area (Å²) in [5.41, 5.74) is 1.01. The molecule has 2 aromatic rings. The Hall–Kier alpha value is -1.78. The van der Waals surface area contributed by atoms with Gasteiger partial charge in [-0.2, -0.15) is 0 Å². The Morgan fingerprint density at radius 1 is 1.20 bits per heavy atom. The SMILES string of the molecule is CCNc1ccc(C(=O)Nc2cc(Cl)cc(Cl)c2)cn1. The molecule has 0 aliphatic carbocycles. The Labute approximate surface area is 127 Å². The number of aromatic nitrogens is 1. The minimum atomic E-state index is -0.265. The summed E-state index contributed by atoms with van der Waals surface area (Å²) in [4.78, 5) is 16.2. The molecule has 0 aliphatic rings. The van der Waals surface area contributed by atoms with Gasteiger partial charge in [-0.15, -0.1) is 0 Å². The van der Waals surface area contributed by atoms with Crippen LogP contribution in [0.4, 0.5) is 11.5 Å². The van der Waals surface area contributed by atoms with Crippen molar-refractivity contribution in [2.24, 2.45) is 0 Å². The lowest BCUT2D eigenvalue weighted by molar-refractivity contribution is 0.102. The molecule has 0 saturated heterocycles. The van der Waals surface area contributed by atoms with Gasteiger partial charge in [-0.25, -0.2) is 4.98 Å². The van der Waals surface area contributed by atoms with Crippen LogP contribution >= 0.6 is 23.2 Å².